The van der Waals surface area contributed by atoms with Crippen molar-refractivity contribution in [3.63, 3.8) is 0 Å². The Hall–Kier alpha value is -0.930. The maximum Gasteiger partial charge on any atom is 0.244 e. The van der Waals surface area contributed by atoms with Crippen molar-refractivity contribution < 1.29 is 4.79 Å². The summed E-state index contributed by atoms with van der Waals surface area (Å²) >= 11 is 8.44. The highest BCUT2D eigenvalue weighted by molar-refractivity contribution is 14.1. The van der Waals surface area contributed by atoms with E-state index in [1.165, 1.54) is 0 Å². The SMILES string of the molecule is CC(Cl)[C@H](C)N1CCN(C(=O)Cn2ncc3c(I)ccnc32)CC1. The Bertz CT molecular complexity index is 726. The number of nitrogens with zero attached hydrogens (tertiary/aromatic N) is 5. The van der Waals surface area contributed by atoms with Gasteiger partial charge in [0.15, 0.2) is 5.65 Å². The predicted molar refractivity (Wildman–Crippen MR) is 103 cm³/mol. The van der Waals surface area contributed by atoms with E-state index in [9.17, 15) is 4.79 Å². The largest absolute Gasteiger partial charge is 0.339 e. The monoisotopic (exact) mass is 461 g/mol. The number of aromatic nitrogens is 3. The lowest BCUT2D eigenvalue weighted by Crippen LogP contribution is -2.53. The zero-order valence-corrected chi connectivity index (χ0v) is 16.7. The van der Waals surface area contributed by atoms with Crippen molar-refractivity contribution in [3.8, 4) is 0 Å². The second-order valence-corrected chi connectivity index (χ2v) is 8.02. The van der Waals surface area contributed by atoms with Crippen LogP contribution in [-0.2, 0) is 11.3 Å². The number of hydrogen-bond donors (Lipinski definition) is 0. The van der Waals surface area contributed by atoms with Gasteiger partial charge in [-0.2, -0.15) is 5.10 Å². The van der Waals surface area contributed by atoms with Gasteiger partial charge in [-0.1, -0.05) is 0 Å². The number of halogens is 2. The van der Waals surface area contributed by atoms with E-state index in [2.05, 4.69) is 44.5 Å². The molecule has 6 nitrogen and oxygen atoms in total. The van der Waals surface area contributed by atoms with Crippen LogP contribution in [0.3, 0.4) is 0 Å². The maximum atomic E-state index is 12.6. The summed E-state index contributed by atoms with van der Waals surface area (Å²) in [4.78, 5) is 21.2. The van der Waals surface area contributed by atoms with Crippen LogP contribution < -0.4 is 0 Å². The normalized spacial score (nSPS) is 18.8. The summed E-state index contributed by atoms with van der Waals surface area (Å²) in [5.74, 6) is 0.0897. The molecule has 2 aromatic rings. The van der Waals surface area contributed by atoms with Crippen LogP contribution in [-0.4, -0.2) is 68.1 Å². The third-order valence-corrected chi connectivity index (χ3v) is 5.98. The Morgan fingerprint density at radius 1 is 1.33 bits per heavy atom. The summed E-state index contributed by atoms with van der Waals surface area (Å²) in [6, 6.07) is 2.26. The second kappa shape index (κ2) is 7.53. The van der Waals surface area contributed by atoms with Gasteiger partial charge in [0, 0.05) is 47.4 Å². The Morgan fingerprint density at radius 2 is 2.04 bits per heavy atom. The number of hydrogen-bond acceptors (Lipinski definition) is 4. The molecule has 0 spiro atoms. The number of pyridine rings is 1. The number of carbonyl (C=O) groups is 1. The summed E-state index contributed by atoms with van der Waals surface area (Å²) in [6.45, 7) is 7.57. The van der Waals surface area contributed by atoms with Gasteiger partial charge >= 0.3 is 0 Å². The van der Waals surface area contributed by atoms with E-state index in [1.54, 1.807) is 17.1 Å². The van der Waals surface area contributed by atoms with Crippen LogP contribution in [0.1, 0.15) is 13.8 Å². The third-order valence-electron chi connectivity index (χ3n) is 4.68. The molecule has 1 fully saturated rings. The van der Waals surface area contributed by atoms with Crippen molar-refractivity contribution in [2.45, 2.75) is 31.8 Å². The van der Waals surface area contributed by atoms with E-state index < -0.39 is 0 Å². The summed E-state index contributed by atoms with van der Waals surface area (Å²) in [5, 5.41) is 5.43. The molecule has 3 heterocycles. The van der Waals surface area contributed by atoms with Crippen molar-refractivity contribution >= 4 is 51.1 Å². The van der Waals surface area contributed by atoms with Crippen LogP contribution in [0.5, 0.6) is 0 Å². The highest BCUT2D eigenvalue weighted by atomic mass is 127. The minimum absolute atomic E-state index is 0.0897. The topological polar surface area (TPSA) is 54.3 Å². The van der Waals surface area contributed by atoms with Crippen LogP contribution in [0.4, 0.5) is 0 Å². The molecule has 130 valence electrons. The molecule has 0 saturated carbocycles. The quantitative estimate of drug-likeness (QED) is 0.517. The fourth-order valence-corrected chi connectivity index (χ4v) is 3.66. The molecule has 1 unspecified atom stereocenters. The highest BCUT2D eigenvalue weighted by Crippen LogP contribution is 2.18. The standard InChI is InChI=1S/C16H21ClIN5O/c1-11(17)12(2)21-5-7-22(8-6-21)15(24)10-23-16-13(9-20-23)14(18)3-4-19-16/h3-4,9,11-12H,5-8,10H2,1-2H3/t11?,12-/m0/s1. The first-order valence-electron chi connectivity index (χ1n) is 8.09. The number of alkyl halides is 1. The van der Waals surface area contributed by atoms with Gasteiger partial charge < -0.3 is 4.90 Å². The number of rotatable bonds is 4. The van der Waals surface area contributed by atoms with Gasteiger partial charge in [0.1, 0.15) is 6.54 Å². The molecule has 8 heteroatoms. The second-order valence-electron chi connectivity index (χ2n) is 6.17. The third kappa shape index (κ3) is 3.67. The van der Waals surface area contributed by atoms with Crippen molar-refractivity contribution in [1.82, 2.24) is 24.6 Å². The van der Waals surface area contributed by atoms with Gasteiger partial charge in [-0.15, -0.1) is 11.6 Å². The fraction of sp³-hybridized carbons (Fsp3) is 0.562. The lowest BCUT2D eigenvalue weighted by atomic mass is 10.2. The van der Waals surface area contributed by atoms with E-state index in [-0.39, 0.29) is 17.8 Å². The summed E-state index contributed by atoms with van der Waals surface area (Å²) in [7, 11) is 0. The van der Waals surface area contributed by atoms with Gasteiger partial charge in [-0.3, -0.25) is 9.69 Å². The number of piperazine rings is 1. The Labute approximate surface area is 160 Å². The van der Waals surface area contributed by atoms with E-state index >= 15 is 0 Å². The van der Waals surface area contributed by atoms with E-state index in [1.807, 2.05) is 17.9 Å². The molecule has 2 aromatic heterocycles. The van der Waals surface area contributed by atoms with Gasteiger partial charge in [-0.25, -0.2) is 9.67 Å². The minimum Gasteiger partial charge on any atom is -0.339 e. The van der Waals surface area contributed by atoms with Crippen LogP contribution in [0, 0.1) is 3.57 Å². The van der Waals surface area contributed by atoms with Crippen LogP contribution in [0.15, 0.2) is 18.5 Å². The summed E-state index contributed by atoms with van der Waals surface area (Å²) in [5.41, 5.74) is 0.762. The highest BCUT2D eigenvalue weighted by Gasteiger charge is 2.26. The molecule has 1 saturated heterocycles. The Morgan fingerprint density at radius 3 is 2.71 bits per heavy atom. The van der Waals surface area contributed by atoms with Gasteiger partial charge in [-0.05, 0) is 42.5 Å². The Kier molecular flexibility index (Phi) is 5.61. The molecule has 0 N–H and O–H groups in total. The van der Waals surface area contributed by atoms with E-state index in [0.29, 0.717) is 6.04 Å². The number of carbonyl (C=O) groups excluding carboxylic acids is 1. The average molecular weight is 462 g/mol. The molecule has 24 heavy (non-hydrogen) atoms. The van der Waals surface area contributed by atoms with Crippen LogP contribution in [0.2, 0.25) is 0 Å². The lowest BCUT2D eigenvalue weighted by molar-refractivity contribution is -0.134. The fourth-order valence-electron chi connectivity index (χ4n) is 2.96. The van der Waals surface area contributed by atoms with Crippen molar-refractivity contribution in [1.29, 1.82) is 0 Å². The zero-order valence-electron chi connectivity index (χ0n) is 13.8. The van der Waals surface area contributed by atoms with Crippen molar-refractivity contribution in [3.05, 3.63) is 22.0 Å². The van der Waals surface area contributed by atoms with Crippen LogP contribution in [0.25, 0.3) is 11.0 Å². The van der Waals surface area contributed by atoms with Crippen LogP contribution >= 0.6 is 34.2 Å². The van der Waals surface area contributed by atoms with Crippen molar-refractivity contribution in [2.24, 2.45) is 0 Å². The van der Waals surface area contributed by atoms with E-state index in [4.69, 9.17) is 11.6 Å². The molecule has 2 atom stereocenters. The molecule has 1 aliphatic rings. The average Bonchev–Trinajstić information content (AvgIpc) is 2.98. The van der Waals surface area contributed by atoms with Gasteiger partial charge in [0.25, 0.3) is 0 Å². The van der Waals surface area contributed by atoms with Crippen molar-refractivity contribution in [2.75, 3.05) is 26.2 Å². The Balaban J connectivity index is 1.63. The molecular formula is C16H21ClIN5O. The number of fused-ring (bicyclic) bond motifs is 1. The molecule has 0 bridgehead atoms. The molecule has 1 aliphatic heterocycles. The minimum atomic E-state index is 0.0897. The van der Waals surface area contributed by atoms with Gasteiger partial charge in [0.05, 0.1) is 11.6 Å². The number of amides is 1. The summed E-state index contributed by atoms with van der Waals surface area (Å²) in [6.07, 6.45) is 3.53. The van der Waals surface area contributed by atoms with E-state index in [0.717, 1.165) is 40.8 Å². The lowest BCUT2D eigenvalue weighted by Gasteiger charge is -2.38. The maximum absolute atomic E-state index is 12.6. The summed E-state index contributed by atoms with van der Waals surface area (Å²) < 4.78 is 2.78. The van der Waals surface area contributed by atoms with Gasteiger partial charge in [0.2, 0.25) is 5.91 Å². The predicted octanol–water partition coefficient (Wildman–Crippen LogP) is 2.20. The smallest absolute Gasteiger partial charge is 0.244 e. The first-order valence-corrected chi connectivity index (χ1v) is 9.61. The first-order chi connectivity index (χ1) is 11.5. The molecule has 0 radical (unpaired) electrons. The molecule has 0 aliphatic carbocycles. The molecule has 1 amide bonds. The zero-order chi connectivity index (χ0) is 17.3. The molecular weight excluding hydrogens is 441 g/mol. The molecule has 3 rings (SSSR count). The first kappa shape index (κ1) is 17.9. The molecule has 0 aromatic carbocycles.